The quantitative estimate of drug-likeness (QED) is 0.237. The van der Waals surface area contributed by atoms with Crippen molar-refractivity contribution >= 4 is 28.4 Å². The number of nitrogens with one attached hydrogen (secondary N) is 1. The zero-order chi connectivity index (χ0) is 24.5. The van der Waals surface area contributed by atoms with Gasteiger partial charge in [0.1, 0.15) is 17.3 Å². The minimum Gasteiger partial charge on any atom is -0.507 e. The molecule has 0 bridgehead atoms. The lowest BCUT2D eigenvalue weighted by molar-refractivity contribution is -0.139. The van der Waals surface area contributed by atoms with E-state index in [1.54, 1.807) is 30.3 Å². The number of H-pyrrole nitrogens is 1. The number of fused-ring (bicyclic) bond motifs is 1. The summed E-state index contributed by atoms with van der Waals surface area (Å²) in [6.07, 6.45) is 2.36. The van der Waals surface area contributed by atoms with Crippen LogP contribution in [0.1, 0.15) is 22.7 Å². The Morgan fingerprint density at radius 1 is 1.06 bits per heavy atom. The summed E-state index contributed by atoms with van der Waals surface area (Å²) in [5.41, 5.74) is 2.69. The van der Waals surface area contributed by atoms with Gasteiger partial charge in [-0.05, 0) is 60.0 Å². The Morgan fingerprint density at radius 2 is 1.83 bits per heavy atom. The molecular formula is C28H23FN2O4. The van der Waals surface area contributed by atoms with Crippen molar-refractivity contribution in [2.75, 3.05) is 13.7 Å². The molecule has 1 aliphatic rings. The molecule has 3 aromatic carbocycles. The fourth-order valence-corrected chi connectivity index (χ4v) is 4.62. The Balaban J connectivity index is 1.56. The van der Waals surface area contributed by atoms with E-state index in [0.717, 1.165) is 16.5 Å². The van der Waals surface area contributed by atoms with Gasteiger partial charge in [0, 0.05) is 29.2 Å². The monoisotopic (exact) mass is 470 g/mol. The first-order valence-corrected chi connectivity index (χ1v) is 11.2. The number of halogens is 1. The second-order valence-corrected chi connectivity index (χ2v) is 8.39. The van der Waals surface area contributed by atoms with Crippen molar-refractivity contribution in [3.63, 3.8) is 0 Å². The van der Waals surface area contributed by atoms with Crippen molar-refractivity contribution in [2.24, 2.45) is 0 Å². The molecule has 6 nitrogen and oxygen atoms in total. The second kappa shape index (κ2) is 9.10. The van der Waals surface area contributed by atoms with Gasteiger partial charge >= 0.3 is 0 Å². The third-order valence-electron chi connectivity index (χ3n) is 6.36. The molecule has 1 saturated heterocycles. The first kappa shape index (κ1) is 22.4. The number of methoxy groups -OCH3 is 1. The van der Waals surface area contributed by atoms with E-state index in [-0.39, 0.29) is 17.9 Å². The lowest BCUT2D eigenvalue weighted by atomic mass is 9.95. The predicted octanol–water partition coefficient (Wildman–Crippen LogP) is 4.98. The number of ketones is 1. The summed E-state index contributed by atoms with van der Waals surface area (Å²) in [4.78, 5) is 30.9. The van der Waals surface area contributed by atoms with E-state index in [1.165, 1.54) is 30.2 Å². The molecule has 5 rings (SSSR count). The smallest absolute Gasteiger partial charge is 0.295 e. The third-order valence-corrected chi connectivity index (χ3v) is 6.36. The average molecular weight is 471 g/mol. The highest BCUT2D eigenvalue weighted by molar-refractivity contribution is 6.46. The molecule has 0 saturated carbocycles. The molecule has 0 spiro atoms. The van der Waals surface area contributed by atoms with Gasteiger partial charge < -0.3 is 19.7 Å². The number of carbonyl (C=O) groups is 2. The van der Waals surface area contributed by atoms with Crippen LogP contribution in [0.2, 0.25) is 0 Å². The number of nitrogens with zero attached hydrogens (tertiary/aromatic N) is 1. The van der Waals surface area contributed by atoms with Crippen LogP contribution in [0.4, 0.5) is 4.39 Å². The standard InChI is InChI=1S/C28H23FN2O4/c1-35-21-11-9-17(10-12-21)26(32)24-25(18-5-4-6-20(29)15-18)31(28(34)27(24)33)14-13-19-16-30-23-8-3-2-7-22(19)23/h2-12,15-16,25,30,32H,13-14H2,1H3/b26-24+. The van der Waals surface area contributed by atoms with Gasteiger partial charge in [-0.15, -0.1) is 0 Å². The number of amides is 1. The van der Waals surface area contributed by atoms with E-state index in [0.29, 0.717) is 23.3 Å². The number of para-hydroxylation sites is 1. The molecule has 1 aliphatic heterocycles. The Bertz CT molecular complexity index is 1460. The molecule has 35 heavy (non-hydrogen) atoms. The number of aliphatic hydroxyl groups is 1. The first-order chi connectivity index (χ1) is 17.0. The number of likely N-dealkylation sites (tertiary alicyclic amines) is 1. The van der Waals surface area contributed by atoms with E-state index in [2.05, 4.69) is 4.98 Å². The summed E-state index contributed by atoms with van der Waals surface area (Å²) in [7, 11) is 1.53. The maximum atomic E-state index is 14.2. The van der Waals surface area contributed by atoms with Gasteiger partial charge in [0.25, 0.3) is 11.7 Å². The van der Waals surface area contributed by atoms with Crippen LogP contribution in [0.5, 0.6) is 5.75 Å². The lowest BCUT2D eigenvalue weighted by Gasteiger charge is -2.25. The van der Waals surface area contributed by atoms with Crippen molar-refractivity contribution < 1.29 is 23.8 Å². The molecule has 2 N–H and O–H groups in total. The van der Waals surface area contributed by atoms with Crippen LogP contribution in [0.3, 0.4) is 0 Å². The molecule has 1 atom stereocenters. The molecule has 0 aliphatic carbocycles. The normalized spacial score (nSPS) is 17.3. The number of aliphatic hydroxyl groups excluding tert-OH is 1. The van der Waals surface area contributed by atoms with Crippen molar-refractivity contribution in [1.29, 1.82) is 0 Å². The van der Waals surface area contributed by atoms with Crippen molar-refractivity contribution in [3.05, 3.63) is 107 Å². The highest BCUT2D eigenvalue weighted by atomic mass is 19.1. The fraction of sp³-hybridized carbons (Fsp3) is 0.143. The molecular weight excluding hydrogens is 447 g/mol. The topological polar surface area (TPSA) is 82.6 Å². The summed E-state index contributed by atoms with van der Waals surface area (Å²) in [6, 6.07) is 19.2. The number of aromatic amines is 1. The van der Waals surface area contributed by atoms with Crippen molar-refractivity contribution in [3.8, 4) is 5.75 Å². The molecule has 1 unspecified atom stereocenters. The van der Waals surface area contributed by atoms with Crippen LogP contribution in [0, 0.1) is 5.82 Å². The number of hydrogen-bond donors (Lipinski definition) is 2. The van der Waals surface area contributed by atoms with Crippen LogP contribution >= 0.6 is 0 Å². The number of ether oxygens (including phenoxy) is 1. The van der Waals surface area contributed by atoms with Gasteiger partial charge in [0.05, 0.1) is 18.7 Å². The summed E-state index contributed by atoms with van der Waals surface area (Å²) >= 11 is 0. The van der Waals surface area contributed by atoms with Gasteiger partial charge in [0.2, 0.25) is 0 Å². The Kier molecular flexibility index (Phi) is 5.82. The third kappa shape index (κ3) is 4.05. The van der Waals surface area contributed by atoms with E-state index >= 15 is 0 Å². The number of benzene rings is 3. The average Bonchev–Trinajstić information content (AvgIpc) is 3.40. The maximum Gasteiger partial charge on any atom is 0.295 e. The number of rotatable bonds is 6. The largest absolute Gasteiger partial charge is 0.507 e. The van der Waals surface area contributed by atoms with Crippen LogP contribution in [-0.4, -0.2) is 40.3 Å². The van der Waals surface area contributed by atoms with Crippen LogP contribution in [0.25, 0.3) is 16.7 Å². The molecule has 1 fully saturated rings. The highest BCUT2D eigenvalue weighted by Gasteiger charge is 2.46. The molecule has 0 radical (unpaired) electrons. The van der Waals surface area contributed by atoms with Crippen LogP contribution in [0.15, 0.2) is 84.6 Å². The number of Topliss-reactive ketones (excluding diaryl/α,β-unsaturated/α-hetero) is 1. The fourth-order valence-electron chi connectivity index (χ4n) is 4.62. The van der Waals surface area contributed by atoms with E-state index in [1.807, 2.05) is 30.5 Å². The van der Waals surface area contributed by atoms with Crippen molar-refractivity contribution in [2.45, 2.75) is 12.5 Å². The van der Waals surface area contributed by atoms with E-state index in [9.17, 15) is 19.1 Å². The molecule has 1 amide bonds. The Morgan fingerprint density at radius 3 is 2.57 bits per heavy atom. The molecule has 1 aromatic heterocycles. The van der Waals surface area contributed by atoms with E-state index in [4.69, 9.17) is 4.74 Å². The summed E-state index contributed by atoms with van der Waals surface area (Å²) in [5, 5.41) is 12.2. The van der Waals surface area contributed by atoms with Gasteiger partial charge in [-0.1, -0.05) is 30.3 Å². The number of carbonyl (C=O) groups excluding carboxylic acids is 2. The maximum absolute atomic E-state index is 14.2. The highest BCUT2D eigenvalue weighted by Crippen LogP contribution is 2.40. The van der Waals surface area contributed by atoms with Gasteiger partial charge in [-0.2, -0.15) is 0 Å². The molecule has 176 valence electrons. The summed E-state index contributed by atoms with van der Waals surface area (Å²) in [6.45, 7) is 0.215. The Hall–Kier alpha value is -4.39. The SMILES string of the molecule is COc1ccc(/C(O)=C2\C(=O)C(=O)N(CCc3c[nH]c4ccccc34)C2c2cccc(F)c2)cc1. The predicted molar refractivity (Wildman–Crippen MR) is 130 cm³/mol. The van der Waals surface area contributed by atoms with Crippen LogP contribution < -0.4 is 4.74 Å². The second-order valence-electron chi connectivity index (χ2n) is 8.39. The van der Waals surface area contributed by atoms with Gasteiger partial charge in [0.15, 0.2) is 0 Å². The zero-order valence-electron chi connectivity index (χ0n) is 19.0. The Labute approximate surface area is 201 Å². The van der Waals surface area contributed by atoms with Gasteiger partial charge in [-0.3, -0.25) is 9.59 Å². The van der Waals surface area contributed by atoms with Crippen molar-refractivity contribution in [1.82, 2.24) is 9.88 Å². The molecule has 7 heteroatoms. The van der Waals surface area contributed by atoms with Gasteiger partial charge in [-0.25, -0.2) is 4.39 Å². The molecule has 4 aromatic rings. The zero-order valence-corrected chi connectivity index (χ0v) is 19.0. The minimum absolute atomic E-state index is 0.0651. The molecule has 2 heterocycles. The number of aromatic nitrogens is 1. The lowest BCUT2D eigenvalue weighted by Crippen LogP contribution is -2.31. The first-order valence-electron chi connectivity index (χ1n) is 11.2. The minimum atomic E-state index is -0.919. The summed E-state index contributed by atoms with van der Waals surface area (Å²) in [5.74, 6) is -1.74. The van der Waals surface area contributed by atoms with Crippen LogP contribution in [-0.2, 0) is 16.0 Å². The van der Waals surface area contributed by atoms with E-state index < -0.39 is 23.5 Å². The summed E-state index contributed by atoms with van der Waals surface area (Å²) < 4.78 is 19.3. The number of hydrogen-bond acceptors (Lipinski definition) is 4.